The van der Waals surface area contributed by atoms with Crippen molar-refractivity contribution in [3.8, 4) is 0 Å². The number of fused-ring (bicyclic) bond motifs is 1. The zero-order valence-electron chi connectivity index (χ0n) is 15.7. The molecule has 5 heteroatoms. The van der Waals surface area contributed by atoms with E-state index in [2.05, 4.69) is 30.3 Å². The number of carbonyl (C=O) groups is 1. The molecule has 2 aromatic rings. The van der Waals surface area contributed by atoms with Crippen LogP contribution < -0.4 is 5.32 Å². The molecule has 0 unspecified atom stereocenters. The van der Waals surface area contributed by atoms with E-state index in [0.29, 0.717) is 12.1 Å². The van der Waals surface area contributed by atoms with E-state index in [0.717, 1.165) is 28.8 Å². The third-order valence-corrected chi connectivity index (χ3v) is 4.94. The highest BCUT2D eigenvalue weighted by Gasteiger charge is 2.19. The van der Waals surface area contributed by atoms with Gasteiger partial charge < -0.3 is 5.32 Å². The highest BCUT2D eigenvalue weighted by atomic mass is 16.1. The summed E-state index contributed by atoms with van der Waals surface area (Å²) in [6.45, 7) is 6.80. The summed E-state index contributed by atoms with van der Waals surface area (Å²) in [5.74, 6) is 0.236. The Kier molecular flexibility index (Phi) is 5.21. The van der Waals surface area contributed by atoms with Gasteiger partial charge in [0.15, 0.2) is 5.65 Å². The van der Waals surface area contributed by atoms with E-state index in [-0.39, 0.29) is 11.8 Å². The van der Waals surface area contributed by atoms with Crippen LogP contribution in [0.15, 0.2) is 17.7 Å². The summed E-state index contributed by atoms with van der Waals surface area (Å²) in [5, 5.41) is 8.41. The first kappa shape index (κ1) is 17.6. The third-order valence-electron chi connectivity index (χ3n) is 4.94. The minimum absolute atomic E-state index is 0.0261. The van der Waals surface area contributed by atoms with Gasteiger partial charge in [0, 0.05) is 19.3 Å². The molecule has 0 spiro atoms. The SMILES string of the molecule is Cc1nn(C)c2nc(C(C)C)cc(C(=O)NCCC3=CCCCC3)c12. The van der Waals surface area contributed by atoms with Crippen LogP contribution in [0.3, 0.4) is 0 Å². The van der Waals surface area contributed by atoms with Gasteiger partial charge in [-0.2, -0.15) is 5.10 Å². The lowest BCUT2D eigenvalue weighted by atomic mass is 9.97. The van der Waals surface area contributed by atoms with Crippen LogP contribution in [-0.4, -0.2) is 27.2 Å². The van der Waals surface area contributed by atoms with Crippen molar-refractivity contribution in [2.24, 2.45) is 7.05 Å². The summed E-state index contributed by atoms with van der Waals surface area (Å²) < 4.78 is 1.76. The van der Waals surface area contributed by atoms with Crippen LogP contribution in [0.25, 0.3) is 11.0 Å². The number of nitrogens with zero attached hydrogens (tertiary/aromatic N) is 3. The molecule has 3 rings (SSSR count). The highest BCUT2D eigenvalue weighted by Crippen LogP contribution is 2.25. The average Bonchev–Trinajstić information content (AvgIpc) is 2.89. The summed E-state index contributed by atoms with van der Waals surface area (Å²) in [7, 11) is 1.88. The van der Waals surface area contributed by atoms with Crippen molar-refractivity contribution in [1.82, 2.24) is 20.1 Å². The normalized spacial score (nSPS) is 14.8. The van der Waals surface area contributed by atoms with Gasteiger partial charge in [-0.1, -0.05) is 25.5 Å². The number of hydrogen-bond acceptors (Lipinski definition) is 3. The van der Waals surface area contributed by atoms with Gasteiger partial charge in [0.05, 0.1) is 16.6 Å². The molecule has 0 aliphatic heterocycles. The molecule has 2 aromatic heterocycles. The molecule has 1 N–H and O–H groups in total. The van der Waals surface area contributed by atoms with Crippen LogP contribution >= 0.6 is 0 Å². The average molecular weight is 340 g/mol. The highest BCUT2D eigenvalue weighted by molar-refractivity contribution is 6.06. The number of carbonyl (C=O) groups excluding carboxylic acids is 1. The van der Waals surface area contributed by atoms with E-state index in [9.17, 15) is 4.79 Å². The number of rotatable bonds is 5. The molecule has 1 amide bonds. The Hall–Kier alpha value is -2.17. The second kappa shape index (κ2) is 7.38. The standard InChI is InChI=1S/C20H28N4O/c1-13(2)17-12-16(18-14(3)23-24(4)19(18)22-17)20(25)21-11-10-15-8-6-5-7-9-15/h8,12-13H,5-7,9-11H2,1-4H3,(H,21,25). The predicted octanol–water partition coefficient (Wildman–Crippen LogP) is 4.02. The van der Waals surface area contributed by atoms with Gasteiger partial charge in [0.2, 0.25) is 0 Å². The number of aromatic nitrogens is 3. The maximum absolute atomic E-state index is 12.8. The van der Waals surface area contributed by atoms with Gasteiger partial charge in [-0.25, -0.2) is 4.98 Å². The smallest absolute Gasteiger partial charge is 0.252 e. The van der Waals surface area contributed by atoms with Gasteiger partial charge in [-0.15, -0.1) is 0 Å². The molecule has 1 aliphatic carbocycles. The number of amides is 1. The number of hydrogen-bond donors (Lipinski definition) is 1. The van der Waals surface area contributed by atoms with E-state index >= 15 is 0 Å². The van der Waals surface area contributed by atoms with Crippen LogP contribution in [0.2, 0.25) is 0 Å². The number of nitrogens with one attached hydrogen (secondary N) is 1. The molecule has 2 heterocycles. The molecule has 0 aromatic carbocycles. The lowest BCUT2D eigenvalue weighted by Crippen LogP contribution is -2.25. The van der Waals surface area contributed by atoms with E-state index in [1.54, 1.807) is 4.68 Å². The molecule has 0 bridgehead atoms. The first-order valence-electron chi connectivity index (χ1n) is 9.27. The van der Waals surface area contributed by atoms with Crippen LogP contribution in [0.1, 0.15) is 73.6 Å². The Bertz CT molecular complexity index is 817. The second-order valence-electron chi connectivity index (χ2n) is 7.27. The van der Waals surface area contributed by atoms with E-state index in [1.807, 2.05) is 20.0 Å². The van der Waals surface area contributed by atoms with Gasteiger partial charge >= 0.3 is 0 Å². The first-order chi connectivity index (χ1) is 12.0. The number of aryl methyl sites for hydroxylation is 2. The molecule has 25 heavy (non-hydrogen) atoms. The zero-order chi connectivity index (χ0) is 18.0. The lowest BCUT2D eigenvalue weighted by Gasteiger charge is -2.14. The molecule has 0 saturated heterocycles. The topological polar surface area (TPSA) is 59.8 Å². The molecule has 0 atom stereocenters. The predicted molar refractivity (Wildman–Crippen MR) is 101 cm³/mol. The van der Waals surface area contributed by atoms with Crippen molar-refractivity contribution in [1.29, 1.82) is 0 Å². The molecular formula is C20H28N4O. The van der Waals surface area contributed by atoms with E-state index in [1.165, 1.54) is 31.3 Å². The zero-order valence-corrected chi connectivity index (χ0v) is 15.7. The Morgan fingerprint density at radius 2 is 2.16 bits per heavy atom. The molecule has 0 saturated carbocycles. The Morgan fingerprint density at radius 1 is 1.36 bits per heavy atom. The maximum atomic E-state index is 12.8. The fourth-order valence-corrected chi connectivity index (χ4v) is 3.50. The summed E-state index contributed by atoms with van der Waals surface area (Å²) in [6, 6.07) is 1.93. The second-order valence-corrected chi connectivity index (χ2v) is 7.27. The first-order valence-corrected chi connectivity index (χ1v) is 9.27. The van der Waals surface area contributed by atoms with Crippen molar-refractivity contribution in [3.05, 3.63) is 34.7 Å². The van der Waals surface area contributed by atoms with Gasteiger partial charge in [-0.3, -0.25) is 9.48 Å². The monoisotopic (exact) mass is 340 g/mol. The lowest BCUT2D eigenvalue weighted by molar-refractivity contribution is 0.0955. The third kappa shape index (κ3) is 3.75. The minimum Gasteiger partial charge on any atom is -0.352 e. The van der Waals surface area contributed by atoms with Crippen molar-refractivity contribution >= 4 is 16.9 Å². The van der Waals surface area contributed by atoms with Crippen molar-refractivity contribution in [3.63, 3.8) is 0 Å². The summed E-state index contributed by atoms with van der Waals surface area (Å²) in [6.07, 6.45) is 8.21. The fourth-order valence-electron chi connectivity index (χ4n) is 3.50. The fraction of sp³-hybridized carbons (Fsp3) is 0.550. The van der Waals surface area contributed by atoms with Crippen molar-refractivity contribution in [2.75, 3.05) is 6.54 Å². The van der Waals surface area contributed by atoms with Gasteiger partial charge in [0.25, 0.3) is 5.91 Å². The molecular weight excluding hydrogens is 312 g/mol. The van der Waals surface area contributed by atoms with Crippen molar-refractivity contribution < 1.29 is 4.79 Å². The number of pyridine rings is 1. The molecule has 5 nitrogen and oxygen atoms in total. The largest absolute Gasteiger partial charge is 0.352 e. The molecule has 134 valence electrons. The van der Waals surface area contributed by atoms with E-state index in [4.69, 9.17) is 4.98 Å². The maximum Gasteiger partial charge on any atom is 0.252 e. The van der Waals surface area contributed by atoms with Crippen LogP contribution in [0.5, 0.6) is 0 Å². The number of allylic oxidation sites excluding steroid dienone is 1. The van der Waals surface area contributed by atoms with Crippen LogP contribution in [0, 0.1) is 6.92 Å². The molecule has 0 radical (unpaired) electrons. The van der Waals surface area contributed by atoms with Gasteiger partial charge in [0.1, 0.15) is 0 Å². The van der Waals surface area contributed by atoms with Crippen LogP contribution in [-0.2, 0) is 7.05 Å². The molecule has 1 aliphatic rings. The van der Waals surface area contributed by atoms with Gasteiger partial charge in [-0.05, 0) is 51.0 Å². The Morgan fingerprint density at radius 3 is 2.84 bits per heavy atom. The quantitative estimate of drug-likeness (QED) is 0.836. The molecule has 0 fully saturated rings. The Balaban J connectivity index is 1.83. The van der Waals surface area contributed by atoms with E-state index < -0.39 is 0 Å². The minimum atomic E-state index is -0.0261. The Labute approximate surface area is 149 Å². The summed E-state index contributed by atoms with van der Waals surface area (Å²) in [5.41, 5.74) is 4.73. The summed E-state index contributed by atoms with van der Waals surface area (Å²) >= 11 is 0. The van der Waals surface area contributed by atoms with Crippen molar-refractivity contribution in [2.45, 2.75) is 58.8 Å². The summed E-state index contributed by atoms with van der Waals surface area (Å²) in [4.78, 5) is 17.5. The van der Waals surface area contributed by atoms with Crippen LogP contribution in [0.4, 0.5) is 0 Å².